The molecule has 2 saturated heterocycles. The van der Waals surface area contributed by atoms with Crippen molar-refractivity contribution in [2.75, 3.05) is 39.3 Å². The van der Waals surface area contributed by atoms with E-state index >= 15 is 0 Å². The van der Waals surface area contributed by atoms with E-state index in [4.69, 9.17) is 0 Å². The number of nitrogens with one attached hydrogen (secondary N) is 1. The van der Waals surface area contributed by atoms with Crippen molar-refractivity contribution in [1.29, 1.82) is 0 Å². The quantitative estimate of drug-likeness (QED) is 0.834. The number of nitrogens with zero attached hydrogens (tertiary/aromatic N) is 2. The second-order valence-corrected chi connectivity index (χ2v) is 5.71. The largest absolute Gasteiger partial charge is 0.401 e. The van der Waals surface area contributed by atoms with Gasteiger partial charge in [0.1, 0.15) is 0 Å². The zero-order valence-corrected chi connectivity index (χ0v) is 13.0. The van der Waals surface area contributed by atoms with Crippen molar-refractivity contribution >= 4 is 18.3 Å². The molecule has 0 bridgehead atoms. The first-order chi connectivity index (χ1) is 9.37. The topological polar surface area (TPSA) is 35.6 Å². The van der Waals surface area contributed by atoms with Gasteiger partial charge in [-0.15, -0.1) is 12.4 Å². The molecule has 0 saturated carbocycles. The molecule has 1 N–H and O–H groups in total. The fourth-order valence-corrected chi connectivity index (χ4v) is 3.00. The van der Waals surface area contributed by atoms with E-state index in [1.54, 1.807) is 4.90 Å². The van der Waals surface area contributed by atoms with Gasteiger partial charge in [-0.05, 0) is 26.3 Å². The Morgan fingerprint density at radius 2 is 1.86 bits per heavy atom. The number of piperazine rings is 1. The number of piperidine rings is 1. The minimum Gasteiger partial charge on any atom is -0.340 e. The predicted molar refractivity (Wildman–Crippen MR) is 76.5 cm³/mol. The van der Waals surface area contributed by atoms with E-state index in [-0.39, 0.29) is 30.3 Å². The summed E-state index contributed by atoms with van der Waals surface area (Å²) in [5.74, 6) is 0.0641. The lowest BCUT2D eigenvalue weighted by Gasteiger charge is -2.39. The molecule has 2 unspecified atom stereocenters. The smallest absolute Gasteiger partial charge is 0.340 e. The van der Waals surface area contributed by atoms with E-state index in [9.17, 15) is 18.0 Å². The van der Waals surface area contributed by atoms with Crippen LogP contribution in [-0.2, 0) is 4.79 Å². The van der Waals surface area contributed by atoms with Crippen LogP contribution in [0.3, 0.4) is 0 Å². The van der Waals surface area contributed by atoms with Gasteiger partial charge in [0, 0.05) is 32.2 Å². The number of hydrogen-bond donors (Lipinski definition) is 1. The number of carbonyl (C=O) groups excluding carboxylic acids is 1. The summed E-state index contributed by atoms with van der Waals surface area (Å²) < 4.78 is 36.9. The highest BCUT2D eigenvalue weighted by Gasteiger charge is 2.35. The first-order valence-electron chi connectivity index (χ1n) is 7.18. The Morgan fingerprint density at radius 1 is 1.24 bits per heavy atom. The number of halogens is 4. The molecule has 2 fully saturated rings. The van der Waals surface area contributed by atoms with Crippen LogP contribution in [-0.4, -0.2) is 67.2 Å². The Morgan fingerprint density at radius 3 is 2.38 bits per heavy atom. The Bertz CT molecular complexity index is 346. The summed E-state index contributed by atoms with van der Waals surface area (Å²) >= 11 is 0. The number of amides is 1. The van der Waals surface area contributed by atoms with Crippen LogP contribution in [0.25, 0.3) is 0 Å². The summed E-state index contributed by atoms with van der Waals surface area (Å²) in [4.78, 5) is 15.5. The first-order valence-corrected chi connectivity index (χ1v) is 7.18. The monoisotopic (exact) mass is 329 g/mol. The summed E-state index contributed by atoms with van der Waals surface area (Å²) in [6, 6.07) is 0.157. The maximum Gasteiger partial charge on any atom is 0.401 e. The zero-order chi connectivity index (χ0) is 14.8. The van der Waals surface area contributed by atoms with Crippen LogP contribution in [0.15, 0.2) is 0 Å². The van der Waals surface area contributed by atoms with Crippen molar-refractivity contribution in [1.82, 2.24) is 15.1 Å². The van der Waals surface area contributed by atoms with Crippen LogP contribution < -0.4 is 5.32 Å². The van der Waals surface area contributed by atoms with Crippen molar-refractivity contribution in [3.05, 3.63) is 0 Å². The molecule has 1 amide bonds. The Kier molecular flexibility index (Phi) is 6.74. The number of alkyl halides is 3. The lowest BCUT2D eigenvalue weighted by molar-refractivity contribution is -0.153. The lowest BCUT2D eigenvalue weighted by Crippen LogP contribution is -2.55. The van der Waals surface area contributed by atoms with Gasteiger partial charge in [-0.3, -0.25) is 9.69 Å². The van der Waals surface area contributed by atoms with Crippen molar-refractivity contribution in [2.45, 2.75) is 32.0 Å². The van der Waals surface area contributed by atoms with Gasteiger partial charge in [0.25, 0.3) is 0 Å². The maximum atomic E-state index is 12.4. The summed E-state index contributed by atoms with van der Waals surface area (Å²) in [7, 11) is 0. The fourth-order valence-electron chi connectivity index (χ4n) is 3.00. The van der Waals surface area contributed by atoms with E-state index in [0.29, 0.717) is 26.2 Å². The van der Waals surface area contributed by atoms with Gasteiger partial charge in [0.15, 0.2) is 0 Å². The fraction of sp³-hybridized carbons (Fsp3) is 0.923. The normalized spacial score (nSPS) is 28.1. The molecule has 0 radical (unpaired) electrons. The average molecular weight is 330 g/mol. The summed E-state index contributed by atoms with van der Waals surface area (Å²) in [5, 5.41) is 3.29. The molecule has 0 aliphatic carbocycles. The average Bonchev–Trinajstić information content (AvgIpc) is 2.37. The van der Waals surface area contributed by atoms with Gasteiger partial charge in [-0.1, -0.05) is 0 Å². The molecule has 2 aliphatic rings. The SMILES string of the molecule is CC1NCCCC1C(=O)N1CCN(CC(F)(F)F)CC1.Cl. The van der Waals surface area contributed by atoms with Crippen molar-refractivity contribution in [2.24, 2.45) is 5.92 Å². The third-order valence-corrected chi connectivity index (χ3v) is 4.17. The highest BCUT2D eigenvalue weighted by atomic mass is 35.5. The van der Waals surface area contributed by atoms with Gasteiger partial charge in [0.2, 0.25) is 5.91 Å². The van der Waals surface area contributed by atoms with Gasteiger partial charge in [-0.2, -0.15) is 13.2 Å². The first kappa shape index (κ1) is 18.5. The summed E-state index contributed by atoms with van der Waals surface area (Å²) in [5.41, 5.74) is 0. The Hall–Kier alpha value is -0.530. The molecule has 2 heterocycles. The van der Waals surface area contributed by atoms with E-state index in [0.717, 1.165) is 19.4 Å². The van der Waals surface area contributed by atoms with E-state index < -0.39 is 12.7 Å². The second-order valence-electron chi connectivity index (χ2n) is 5.71. The summed E-state index contributed by atoms with van der Waals surface area (Å²) in [6.07, 6.45) is -2.31. The molecule has 2 aliphatic heterocycles. The Balaban J connectivity index is 0.00000220. The van der Waals surface area contributed by atoms with Crippen molar-refractivity contribution in [3.8, 4) is 0 Å². The molecule has 8 heteroatoms. The van der Waals surface area contributed by atoms with Crippen molar-refractivity contribution < 1.29 is 18.0 Å². The lowest BCUT2D eigenvalue weighted by atomic mass is 9.90. The second kappa shape index (κ2) is 7.65. The van der Waals surface area contributed by atoms with Crippen LogP contribution in [0.1, 0.15) is 19.8 Å². The highest BCUT2D eigenvalue weighted by Crippen LogP contribution is 2.21. The van der Waals surface area contributed by atoms with E-state index in [1.807, 2.05) is 6.92 Å². The third-order valence-electron chi connectivity index (χ3n) is 4.17. The van der Waals surface area contributed by atoms with Crippen molar-refractivity contribution in [3.63, 3.8) is 0 Å². The molecule has 124 valence electrons. The molecule has 2 rings (SSSR count). The van der Waals surface area contributed by atoms with Gasteiger partial charge < -0.3 is 10.2 Å². The molecule has 2 atom stereocenters. The molecular weight excluding hydrogens is 307 g/mol. The van der Waals surface area contributed by atoms with Gasteiger partial charge >= 0.3 is 6.18 Å². The molecule has 0 aromatic rings. The standard InChI is InChI=1S/C13H22F3N3O.ClH/c1-10-11(3-2-4-17-10)12(20)19-7-5-18(6-8-19)9-13(14,15)16;/h10-11,17H,2-9H2,1H3;1H. The van der Waals surface area contributed by atoms with Gasteiger partial charge in [0.05, 0.1) is 12.5 Å². The molecular formula is C13H23ClF3N3O. The zero-order valence-electron chi connectivity index (χ0n) is 12.2. The molecule has 0 spiro atoms. The minimum atomic E-state index is -4.16. The van der Waals surface area contributed by atoms with Crippen LogP contribution in [0, 0.1) is 5.92 Å². The number of carbonyl (C=O) groups is 1. The van der Waals surface area contributed by atoms with E-state index in [2.05, 4.69) is 5.32 Å². The molecule has 21 heavy (non-hydrogen) atoms. The van der Waals surface area contributed by atoms with Crippen LogP contribution in [0.2, 0.25) is 0 Å². The number of rotatable bonds is 2. The van der Waals surface area contributed by atoms with Crippen LogP contribution in [0.4, 0.5) is 13.2 Å². The van der Waals surface area contributed by atoms with E-state index in [1.165, 1.54) is 4.90 Å². The predicted octanol–water partition coefficient (Wildman–Crippen LogP) is 1.50. The third kappa shape index (κ3) is 5.30. The maximum absolute atomic E-state index is 12.4. The van der Waals surface area contributed by atoms with Crippen LogP contribution >= 0.6 is 12.4 Å². The molecule has 0 aromatic carbocycles. The molecule has 4 nitrogen and oxygen atoms in total. The minimum absolute atomic E-state index is 0. The summed E-state index contributed by atoms with van der Waals surface area (Å²) in [6.45, 7) is 3.47. The van der Waals surface area contributed by atoms with Gasteiger partial charge in [-0.25, -0.2) is 0 Å². The Labute approximate surface area is 129 Å². The molecule has 0 aromatic heterocycles. The van der Waals surface area contributed by atoms with Crippen LogP contribution in [0.5, 0.6) is 0 Å². The number of hydrogen-bond acceptors (Lipinski definition) is 3. The highest BCUT2D eigenvalue weighted by molar-refractivity contribution is 5.85.